The molecule has 0 bridgehead atoms. The summed E-state index contributed by atoms with van der Waals surface area (Å²) in [4.78, 5) is 22.0. The van der Waals surface area contributed by atoms with E-state index < -0.39 is 0 Å². The lowest BCUT2D eigenvalue weighted by molar-refractivity contribution is -0.133. The fraction of sp³-hybridized carbons (Fsp3) is 0.350. The molecular weight excluding hydrogens is 379 g/mol. The molecule has 0 unspecified atom stereocenters. The zero-order chi connectivity index (χ0) is 19.3. The van der Waals surface area contributed by atoms with E-state index >= 15 is 0 Å². The topological polar surface area (TPSA) is 62.5 Å². The Morgan fingerprint density at radius 3 is 2.79 bits per heavy atom. The van der Waals surface area contributed by atoms with Crippen LogP contribution in [0.1, 0.15) is 17.9 Å². The van der Waals surface area contributed by atoms with Gasteiger partial charge >= 0.3 is 0 Å². The van der Waals surface area contributed by atoms with Crippen LogP contribution in [0, 0.1) is 5.82 Å². The predicted molar refractivity (Wildman–Crippen MR) is 104 cm³/mol. The standard InChI is InChI=1S/C20H21FN4O2S/c21-16-4-1-3-15(13-16)6-7-19(26)25-10-8-24(9-11-25)14-18-22-20(23-27-18)17-5-2-12-28-17/h1-5,12-13H,6-11,14H2. The van der Waals surface area contributed by atoms with Crippen LogP contribution >= 0.6 is 11.3 Å². The fourth-order valence-corrected chi connectivity index (χ4v) is 3.92. The largest absolute Gasteiger partial charge is 0.340 e. The highest BCUT2D eigenvalue weighted by Crippen LogP contribution is 2.21. The Kier molecular flexibility index (Phi) is 5.78. The van der Waals surface area contributed by atoms with Crippen molar-refractivity contribution in [1.82, 2.24) is 19.9 Å². The van der Waals surface area contributed by atoms with E-state index in [-0.39, 0.29) is 11.7 Å². The first-order valence-corrected chi connectivity index (χ1v) is 10.2. The maximum atomic E-state index is 13.2. The first-order valence-electron chi connectivity index (χ1n) is 9.28. The third-order valence-electron chi connectivity index (χ3n) is 4.81. The number of benzene rings is 1. The first kappa shape index (κ1) is 18.8. The lowest BCUT2D eigenvalue weighted by Crippen LogP contribution is -2.48. The van der Waals surface area contributed by atoms with Gasteiger partial charge in [-0.3, -0.25) is 9.69 Å². The molecule has 1 fully saturated rings. The van der Waals surface area contributed by atoms with Gasteiger partial charge in [0.15, 0.2) is 0 Å². The zero-order valence-corrected chi connectivity index (χ0v) is 16.2. The molecule has 3 aromatic rings. The van der Waals surface area contributed by atoms with Gasteiger partial charge in [0.05, 0.1) is 11.4 Å². The van der Waals surface area contributed by atoms with E-state index in [9.17, 15) is 9.18 Å². The number of thiophene rings is 1. The number of hydrogen-bond donors (Lipinski definition) is 0. The SMILES string of the molecule is O=C(CCc1cccc(F)c1)N1CCN(Cc2nc(-c3cccs3)no2)CC1. The molecule has 1 amide bonds. The molecule has 8 heteroatoms. The van der Waals surface area contributed by atoms with Gasteiger partial charge in [-0.15, -0.1) is 11.3 Å². The van der Waals surface area contributed by atoms with Gasteiger partial charge in [0.1, 0.15) is 5.82 Å². The number of carbonyl (C=O) groups is 1. The predicted octanol–water partition coefficient (Wildman–Crippen LogP) is 3.21. The number of piperazine rings is 1. The summed E-state index contributed by atoms with van der Waals surface area (Å²) in [6, 6.07) is 10.4. The van der Waals surface area contributed by atoms with Gasteiger partial charge in [-0.2, -0.15) is 4.98 Å². The van der Waals surface area contributed by atoms with Gasteiger partial charge < -0.3 is 9.42 Å². The highest BCUT2D eigenvalue weighted by Gasteiger charge is 2.22. The fourth-order valence-electron chi connectivity index (χ4n) is 3.27. The number of carbonyl (C=O) groups excluding carboxylic acids is 1. The van der Waals surface area contributed by atoms with Crippen LogP contribution in [0.2, 0.25) is 0 Å². The maximum absolute atomic E-state index is 13.2. The molecule has 2 aromatic heterocycles. The number of amides is 1. The van der Waals surface area contributed by atoms with E-state index in [1.165, 1.54) is 12.1 Å². The molecule has 0 saturated carbocycles. The molecule has 1 aromatic carbocycles. The van der Waals surface area contributed by atoms with Crippen LogP contribution < -0.4 is 0 Å². The molecule has 146 valence electrons. The molecule has 4 rings (SSSR count). The van der Waals surface area contributed by atoms with Crippen molar-refractivity contribution in [1.29, 1.82) is 0 Å². The second kappa shape index (κ2) is 8.62. The summed E-state index contributed by atoms with van der Waals surface area (Å²) in [5, 5.41) is 6.02. The average molecular weight is 400 g/mol. The number of halogens is 1. The average Bonchev–Trinajstić information content (AvgIpc) is 3.38. The van der Waals surface area contributed by atoms with E-state index in [2.05, 4.69) is 15.0 Å². The van der Waals surface area contributed by atoms with Gasteiger partial charge in [0.25, 0.3) is 0 Å². The second-order valence-electron chi connectivity index (χ2n) is 6.78. The Labute approximate surface area is 166 Å². The summed E-state index contributed by atoms with van der Waals surface area (Å²) in [5.74, 6) is 1.06. The van der Waals surface area contributed by atoms with Crippen molar-refractivity contribution >= 4 is 17.2 Å². The molecule has 0 aliphatic carbocycles. The molecule has 0 N–H and O–H groups in total. The van der Waals surface area contributed by atoms with Crippen molar-refractivity contribution in [3.63, 3.8) is 0 Å². The highest BCUT2D eigenvalue weighted by molar-refractivity contribution is 7.13. The highest BCUT2D eigenvalue weighted by atomic mass is 32.1. The molecular formula is C20H21FN4O2S. The van der Waals surface area contributed by atoms with Crippen LogP contribution in [-0.2, 0) is 17.8 Å². The molecule has 1 saturated heterocycles. The molecule has 1 aliphatic rings. The third-order valence-corrected chi connectivity index (χ3v) is 5.68. The Morgan fingerprint density at radius 2 is 2.04 bits per heavy atom. The summed E-state index contributed by atoms with van der Waals surface area (Å²) < 4.78 is 18.6. The van der Waals surface area contributed by atoms with Crippen LogP contribution in [0.5, 0.6) is 0 Å². The van der Waals surface area contributed by atoms with E-state index in [1.807, 2.05) is 28.5 Å². The summed E-state index contributed by atoms with van der Waals surface area (Å²) in [6.45, 7) is 3.47. The number of aryl methyl sites for hydroxylation is 1. The Bertz CT molecular complexity index is 920. The Balaban J connectivity index is 1.23. The minimum Gasteiger partial charge on any atom is -0.340 e. The van der Waals surface area contributed by atoms with Crippen LogP contribution in [0.25, 0.3) is 10.7 Å². The summed E-state index contributed by atoms with van der Waals surface area (Å²) in [6.07, 6.45) is 0.960. The molecule has 0 spiro atoms. The van der Waals surface area contributed by atoms with Crippen LogP contribution in [0.3, 0.4) is 0 Å². The number of hydrogen-bond acceptors (Lipinski definition) is 6. The number of aromatic nitrogens is 2. The third kappa shape index (κ3) is 4.63. The molecule has 1 aliphatic heterocycles. The maximum Gasteiger partial charge on any atom is 0.241 e. The van der Waals surface area contributed by atoms with E-state index in [0.29, 0.717) is 44.2 Å². The molecule has 0 radical (unpaired) electrons. The van der Waals surface area contributed by atoms with Crippen LogP contribution in [0.4, 0.5) is 4.39 Å². The minimum atomic E-state index is -0.262. The van der Waals surface area contributed by atoms with Gasteiger partial charge in [-0.1, -0.05) is 23.4 Å². The van der Waals surface area contributed by atoms with Gasteiger partial charge in [0, 0.05) is 32.6 Å². The molecule has 28 heavy (non-hydrogen) atoms. The first-order chi connectivity index (χ1) is 13.7. The monoisotopic (exact) mass is 400 g/mol. The Morgan fingerprint density at radius 1 is 1.18 bits per heavy atom. The van der Waals surface area contributed by atoms with Crippen molar-refractivity contribution in [2.75, 3.05) is 26.2 Å². The number of rotatable bonds is 6. The molecule has 3 heterocycles. The summed E-state index contributed by atoms with van der Waals surface area (Å²) in [7, 11) is 0. The molecule has 6 nitrogen and oxygen atoms in total. The zero-order valence-electron chi connectivity index (χ0n) is 15.4. The smallest absolute Gasteiger partial charge is 0.241 e. The Hall–Kier alpha value is -2.58. The van der Waals surface area contributed by atoms with Gasteiger partial charge in [-0.05, 0) is 35.6 Å². The lowest BCUT2D eigenvalue weighted by Gasteiger charge is -2.34. The van der Waals surface area contributed by atoms with Crippen molar-refractivity contribution < 1.29 is 13.7 Å². The summed E-state index contributed by atoms with van der Waals surface area (Å²) >= 11 is 1.58. The summed E-state index contributed by atoms with van der Waals surface area (Å²) in [5.41, 5.74) is 0.852. The van der Waals surface area contributed by atoms with Crippen molar-refractivity contribution in [2.45, 2.75) is 19.4 Å². The van der Waals surface area contributed by atoms with Crippen molar-refractivity contribution in [3.05, 3.63) is 59.0 Å². The van der Waals surface area contributed by atoms with Crippen molar-refractivity contribution in [2.24, 2.45) is 0 Å². The van der Waals surface area contributed by atoms with E-state index in [1.54, 1.807) is 17.4 Å². The van der Waals surface area contributed by atoms with Crippen LogP contribution in [0.15, 0.2) is 46.3 Å². The van der Waals surface area contributed by atoms with Gasteiger partial charge in [-0.25, -0.2) is 4.39 Å². The number of nitrogens with zero attached hydrogens (tertiary/aromatic N) is 4. The quantitative estimate of drug-likeness (QED) is 0.636. The normalized spacial score (nSPS) is 15.1. The van der Waals surface area contributed by atoms with Crippen molar-refractivity contribution in [3.8, 4) is 10.7 Å². The van der Waals surface area contributed by atoms with Crippen LogP contribution in [-0.4, -0.2) is 52.0 Å². The lowest BCUT2D eigenvalue weighted by atomic mass is 10.1. The minimum absolute atomic E-state index is 0.113. The van der Waals surface area contributed by atoms with Gasteiger partial charge in [0.2, 0.25) is 17.6 Å². The second-order valence-corrected chi connectivity index (χ2v) is 7.72. The van der Waals surface area contributed by atoms with E-state index in [0.717, 1.165) is 23.5 Å². The van der Waals surface area contributed by atoms with E-state index in [4.69, 9.17) is 4.52 Å². The molecule has 0 atom stereocenters.